The smallest absolute Gasteiger partial charge is 0.326 e. The van der Waals surface area contributed by atoms with Crippen LogP contribution in [0.2, 0.25) is 0 Å². The lowest BCUT2D eigenvalue weighted by Crippen LogP contribution is -2.44. The molecule has 7 heteroatoms. The Kier molecular flexibility index (Phi) is 7.77. The van der Waals surface area contributed by atoms with Crippen LogP contribution < -0.4 is 5.32 Å². The normalized spacial score (nSPS) is 13.5. The van der Waals surface area contributed by atoms with E-state index < -0.39 is 12.0 Å². The van der Waals surface area contributed by atoms with Gasteiger partial charge in [0.15, 0.2) is 0 Å². The van der Waals surface area contributed by atoms with Crippen molar-refractivity contribution >= 4 is 39.6 Å². The van der Waals surface area contributed by atoms with Crippen LogP contribution in [0.15, 0.2) is 33.6 Å². The molecule has 0 aliphatic heterocycles. The molecule has 5 nitrogen and oxygen atoms in total. The molecule has 21 heavy (non-hydrogen) atoms. The summed E-state index contributed by atoms with van der Waals surface area (Å²) in [6, 6.07) is 6.67. The molecule has 0 saturated heterocycles. The topological polar surface area (TPSA) is 75.6 Å². The molecule has 0 bridgehead atoms. The number of carboxylic acid groups (broad SMARTS) is 1. The molecule has 0 aliphatic carbocycles. The Bertz CT molecular complexity index is 480. The highest BCUT2D eigenvalue weighted by Crippen LogP contribution is 2.25. The van der Waals surface area contributed by atoms with Crippen LogP contribution in [0, 0.1) is 0 Å². The molecule has 0 heterocycles. The lowest BCUT2D eigenvalue weighted by Gasteiger charge is -2.17. The molecule has 2 unspecified atom stereocenters. The second-order valence-corrected chi connectivity index (χ2v) is 6.72. The van der Waals surface area contributed by atoms with Gasteiger partial charge < -0.3 is 15.2 Å². The number of ether oxygens (including phenoxy) is 1. The number of hydrogen-bond donors (Lipinski definition) is 2. The van der Waals surface area contributed by atoms with Crippen molar-refractivity contribution in [3.05, 3.63) is 28.7 Å². The summed E-state index contributed by atoms with van der Waals surface area (Å²) in [5.74, 6) is -1.35. The van der Waals surface area contributed by atoms with Crippen molar-refractivity contribution in [1.29, 1.82) is 0 Å². The molecule has 0 fully saturated rings. The number of halogens is 1. The predicted octanol–water partition coefficient (Wildman–Crippen LogP) is 2.54. The zero-order valence-electron chi connectivity index (χ0n) is 11.8. The minimum Gasteiger partial charge on any atom is -0.480 e. The van der Waals surface area contributed by atoms with Gasteiger partial charge in [-0.05, 0) is 31.2 Å². The summed E-state index contributed by atoms with van der Waals surface area (Å²) in [5, 5.41) is 11.2. The maximum absolute atomic E-state index is 12.0. The number of benzene rings is 1. The van der Waals surface area contributed by atoms with Crippen LogP contribution >= 0.6 is 27.7 Å². The van der Waals surface area contributed by atoms with E-state index in [-0.39, 0.29) is 24.2 Å². The van der Waals surface area contributed by atoms with Gasteiger partial charge in [-0.3, -0.25) is 4.79 Å². The van der Waals surface area contributed by atoms with E-state index in [0.29, 0.717) is 0 Å². The third-order valence-electron chi connectivity index (χ3n) is 2.72. The third-order valence-corrected chi connectivity index (χ3v) is 4.36. The van der Waals surface area contributed by atoms with Crippen LogP contribution in [0.5, 0.6) is 0 Å². The number of amides is 1. The SMILES string of the molecule is COCCC(NC(=O)C(C)Sc1ccc(Br)cc1)C(=O)O. The minimum atomic E-state index is -1.05. The number of carbonyl (C=O) groups is 2. The molecular formula is C14H18BrNO4S. The van der Waals surface area contributed by atoms with E-state index in [0.717, 1.165) is 9.37 Å². The molecule has 116 valence electrons. The molecule has 0 aromatic heterocycles. The van der Waals surface area contributed by atoms with Crippen LogP contribution in [0.1, 0.15) is 13.3 Å². The Morgan fingerprint density at radius 3 is 2.52 bits per heavy atom. The average Bonchev–Trinajstić information content (AvgIpc) is 2.45. The van der Waals surface area contributed by atoms with Gasteiger partial charge in [-0.25, -0.2) is 4.79 Å². The quantitative estimate of drug-likeness (QED) is 0.682. The first-order valence-corrected chi connectivity index (χ1v) is 8.05. The van der Waals surface area contributed by atoms with E-state index in [9.17, 15) is 9.59 Å². The fourth-order valence-corrected chi connectivity index (χ4v) is 2.69. The van der Waals surface area contributed by atoms with Crippen LogP contribution in [-0.4, -0.2) is 42.0 Å². The number of aliphatic carboxylic acids is 1. The highest BCUT2D eigenvalue weighted by molar-refractivity contribution is 9.10. The Hall–Kier alpha value is -1.05. The Labute approximate surface area is 136 Å². The number of nitrogens with one attached hydrogen (secondary N) is 1. The molecule has 2 atom stereocenters. The van der Waals surface area contributed by atoms with E-state index in [1.54, 1.807) is 6.92 Å². The predicted molar refractivity (Wildman–Crippen MR) is 85.5 cm³/mol. The lowest BCUT2D eigenvalue weighted by atomic mass is 10.2. The molecule has 1 aromatic carbocycles. The van der Waals surface area contributed by atoms with Crippen molar-refractivity contribution in [2.24, 2.45) is 0 Å². The Morgan fingerprint density at radius 1 is 1.38 bits per heavy atom. The minimum absolute atomic E-state index is 0.243. The third kappa shape index (κ3) is 6.50. The Morgan fingerprint density at radius 2 is 2.00 bits per heavy atom. The first kappa shape index (κ1) is 18.0. The molecule has 1 amide bonds. The van der Waals surface area contributed by atoms with Gasteiger partial charge in [0, 0.05) is 29.5 Å². The fraction of sp³-hybridized carbons (Fsp3) is 0.429. The number of carbonyl (C=O) groups excluding carboxylic acids is 1. The summed E-state index contributed by atoms with van der Waals surface area (Å²) in [6.45, 7) is 2.03. The van der Waals surface area contributed by atoms with E-state index in [1.165, 1.54) is 18.9 Å². The van der Waals surface area contributed by atoms with Crippen molar-refractivity contribution in [3.63, 3.8) is 0 Å². The molecule has 0 radical (unpaired) electrons. The van der Waals surface area contributed by atoms with Gasteiger partial charge in [0.2, 0.25) is 5.91 Å². The monoisotopic (exact) mass is 375 g/mol. The second kappa shape index (κ2) is 9.07. The first-order chi connectivity index (χ1) is 9.93. The van der Waals surface area contributed by atoms with Gasteiger partial charge in [0.1, 0.15) is 6.04 Å². The molecule has 1 rings (SSSR count). The highest BCUT2D eigenvalue weighted by Gasteiger charge is 2.23. The van der Waals surface area contributed by atoms with Crippen LogP contribution in [-0.2, 0) is 14.3 Å². The van der Waals surface area contributed by atoms with Crippen molar-refractivity contribution < 1.29 is 19.4 Å². The molecule has 0 saturated carbocycles. The Balaban J connectivity index is 2.56. The number of rotatable bonds is 8. The van der Waals surface area contributed by atoms with Gasteiger partial charge in [-0.2, -0.15) is 0 Å². The largest absolute Gasteiger partial charge is 0.480 e. The van der Waals surface area contributed by atoms with E-state index in [2.05, 4.69) is 21.2 Å². The van der Waals surface area contributed by atoms with Crippen LogP contribution in [0.3, 0.4) is 0 Å². The first-order valence-electron chi connectivity index (χ1n) is 6.38. The van der Waals surface area contributed by atoms with E-state index in [4.69, 9.17) is 9.84 Å². The average molecular weight is 376 g/mol. The molecule has 0 spiro atoms. The van der Waals surface area contributed by atoms with Crippen molar-refractivity contribution in [2.75, 3.05) is 13.7 Å². The van der Waals surface area contributed by atoms with Crippen LogP contribution in [0.25, 0.3) is 0 Å². The number of carboxylic acids is 1. The maximum atomic E-state index is 12.0. The van der Waals surface area contributed by atoms with Gasteiger partial charge in [-0.1, -0.05) is 15.9 Å². The van der Waals surface area contributed by atoms with E-state index >= 15 is 0 Å². The lowest BCUT2D eigenvalue weighted by molar-refractivity contribution is -0.142. The summed E-state index contributed by atoms with van der Waals surface area (Å²) >= 11 is 4.73. The number of hydrogen-bond acceptors (Lipinski definition) is 4. The van der Waals surface area contributed by atoms with Crippen molar-refractivity contribution in [1.82, 2.24) is 5.32 Å². The summed E-state index contributed by atoms with van der Waals surface area (Å²) < 4.78 is 5.81. The second-order valence-electron chi connectivity index (χ2n) is 4.39. The van der Waals surface area contributed by atoms with Gasteiger partial charge in [0.05, 0.1) is 5.25 Å². The van der Waals surface area contributed by atoms with Gasteiger partial charge in [-0.15, -0.1) is 11.8 Å². The van der Waals surface area contributed by atoms with Gasteiger partial charge >= 0.3 is 5.97 Å². The fourth-order valence-electron chi connectivity index (χ4n) is 1.55. The maximum Gasteiger partial charge on any atom is 0.326 e. The van der Waals surface area contributed by atoms with Crippen molar-refractivity contribution in [3.8, 4) is 0 Å². The summed E-state index contributed by atoms with van der Waals surface area (Å²) in [5.41, 5.74) is 0. The molecule has 1 aromatic rings. The number of methoxy groups -OCH3 is 1. The van der Waals surface area contributed by atoms with Crippen LogP contribution in [0.4, 0.5) is 0 Å². The number of thioether (sulfide) groups is 1. The van der Waals surface area contributed by atoms with E-state index in [1.807, 2.05) is 24.3 Å². The summed E-state index contributed by atoms with van der Waals surface area (Å²) in [6.07, 6.45) is 0.243. The summed E-state index contributed by atoms with van der Waals surface area (Å²) in [7, 11) is 1.49. The molecule has 2 N–H and O–H groups in total. The zero-order valence-corrected chi connectivity index (χ0v) is 14.2. The molecular weight excluding hydrogens is 358 g/mol. The van der Waals surface area contributed by atoms with Crippen molar-refractivity contribution in [2.45, 2.75) is 29.5 Å². The summed E-state index contributed by atoms with van der Waals surface area (Å²) in [4.78, 5) is 24.1. The van der Waals surface area contributed by atoms with Gasteiger partial charge in [0.25, 0.3) is 0 Å². The standard InChI is InChI=1S/C14H18BrNO4S/c1-9(21-11-5-3-10(15)4-6-11)13(17)16-12(14(18)19)7-8-20-2/h3-6,9,12H,7-8H2,1-2H3,(H,16,17)(H,18,19). The molecule has 0 aliphatic rings. The highest BCUT2D eigenvalue weighted by atomic mass is 79.9. The zero-order chi connectivity index (χ0) is 15.8.